The average Bonchev–Trinajstić information content (AvgIpc) is 3.11. The van der Waals surface area contributed by atoms with Crippen LogP contribution in [0.1, 0.15) is 33.6 Å². The Morgan fingerprint density at radius 1 is 1.18 bits per heavy atom. The molecule has 6 heteroatoms. The summed E-state index contributed by atoms with van der Waals surface area (Å²) in [5.74, 6) is 0.554. The summed E-state index contributed by atoms with van der Waals surface area (Å²) in [5.41, 5.74) is 3.73. The lowest BCUT2D eigenvalue weighted by Gasteiger charge is -2.10. The summed E-state index contributed by atoms with van der Waals surface area (Å²) in [6.45, 7) is 5.73. The van der Waals surface area contributed by atoms with Crippen LogP contribution in [0.5, 0.6) is 5.75 Å². The minimum Gasteiger partial charge on any atom is -0.487 e. The van der Waals surface area contributed by atoms with Gasteiger partial charge in [-0.25, -0.2) is 0 Å². The number of carbonyl (C=O) groups excluding carboxylic acids is 1. The molecule has 0 aliphatic heterocycles. The highest BCUT2D eigenvalue weighted by Crippen LogP contribution is 2.26. The van der Waals surface area contributed by atoms with Crippen molar-refractivity contribution in [3.63, 3.8) is 0 Å². The monoisotopic (exact) mass is 397 g/mol. The molecule has 0 bridgehead atoms. The molecule has 0 fully saturated rings. The van der Waals surface area contributed by atoms with Gasteiger partial charge in [-0.15, -0.1) is 0 Å². The largest absolute Gasteiger partial charge is 0.487 e. The van der Waals surface area contributed by atoms with Crippen molar-refractivity contribution in [3.05, 3.63) is 82.1 Å². The maximum Gasteiger partial charge on any atom is 0.251 e. The normalized spacial score (nSPS) is 10.7. The fourth-order valence-corrected chi connectivity index (χ4v) is 3.02. The van der Waals surface area contributed by atoms with E-state index in [2.05, 4.69) is 10.4 Å². The van der Waals surface area contributed by atoms with Crippen molar-refractivity contribution in [1.29, 1.82) is 0 Å². The standard InChI is InChI=1S/C22H24ClN3O2/c1-16-7-8-20(23)21(13-16)28-15-18-5-3-6-19(14-18)22(27)24-10-4-12-26-17(2)9-11-25-26/h3,5-9,11,13-14H,4,10,12,15H2,1-2H3,(H,24,27). The topological polar surface area (TPSA) is 56.1 Å². The molecular formula is C22H24ClN3O2. The molecule has 1 aromatic heterocycles. The molecule has 0 aliphatic carbocycles. The minimum atomic E-state index is -0.0902. The first-order chi connectivity index (χ1) is 13.5. The molecule has 5 nitrogen and oxygen atoms in total. The van der Waals surface area contributed by atoms with Gasteiger partial charge in [-0.2, -0.15) is 5.10 Å². The number of hydrogen-bond donors (Lipinski definition) is 1. The third-order valence-corrected chi connectivity index (χ3v) is 4.74. The Morgan fingerprint density at radius 3 is 2.82 bits per heavy atom. The maximum absolute atomic E-state index is 12.4. The first-order valence-electron chi connectivity index (χ1n) is 9.27. The van der Waals surface area contributed by atoms with Gasteiger partial charge in [-0.3, -0.25) is 9.48 Å². The van der Waals surface area contributed by atoms with E-state index >= 15 is 0 Å². The van der Waals surface area contributed by atoms with Crippen molar-refractivity contribution in [1.82, 2.24) is 15.1 Å². The zero-order valence-electron chi connectivity index (χ0n) is 16.1. The summed E-state index contributed by atoms with van der Waals surface area (Å²) in [6, 6.07) is 15.1. The molecule has 0 saturated heterocycles. The van der Waals surface area contributed by atoms with Crippen molar-refractivity contribution in [2.24, 2.45) is 0 Å². The summed E-state index contributed by atoms with van der Waals surface area (Å²) >= 11 is 6.17. The molecule has 3 rings (SSSR count). The van der Waals surface area contributed by atoms with Crippen LogP contribution in [0.15, 0.2) is 54.7 Å². The predicted octanol–water partition coefficient (Wildman–Crippen LogP) is 4.55. The van der Waals surface area contributed by atoms with Gasteiger partial charge in [0, 0.05) is 30.5 Å². The molecule has 1 amide bonds. The third-order valence-electron chi connectivity index (χ3n) is 4.43. The first-order valence-corrected chi connectivity index (χ1v) is 9.65. The van der Waals surface area contributed by atoms with Crippen molar-refractivity contribution in [3.8, 4) is 5.75 Å². The zero-order chi connectivity index (χ0) is 19.9. The Kier molecular flexibility index (Phi) is 6.71. The highest BCUT2D eigenvalue weighted by atomic mass is 35.5. The number of carbonyl (C=O) groups is 1. The van der Waals surface area contributed by atoms with Crippen LogP contribution in [-0.4, -0.2) is 22.2 Å². The van der Waals surface area contributed by atoms with E-state index in [4.69, 9.17) is 16.3 Å². The molecule has 3 aromatic rings. The highest BCUT2D eigenvalue weighted by molar-refractivity contribution is 6.32. The van der Waals surface area contributed by atoms with Crippen LogP contribution < -0.4 is 10.1 Å². The van der Waals surface area contributed by atoms with Crippen LogP contribution in [0.4, 0.5) is 0 Å². The van der Waals surface area contributed by atoms with Crippen LogP contribution in [0.2, 0.25) is 5.02 Å². The van der Waals surface area contributed by atoms with Gasteiger partial charge in [0.1, 0.15) is 12.4 Å². The van der Waals surface area contributed by atoms with E-state index in [1.807, 2.05) is 61.0 Å². The van der Waals surface area contributed by atoms with Crippen molar-refractivity contribution >= 4 is 17.5 Å². The van der Waals surface area contributed by atoms with Crippen LogP contribution in [-0.2, 0) is 13.2 Å². The van der Waals surface area contributed by atoms with E-state index in [0.717, 1.165) is 29.8 Å². The molecule has 0 aliphatic rings. The van der Waals surface area contributed by atoms with Crippen molar-refractivity contribution < 1.29 is 9.53 Å². The van der Waals surface area contributed by atoms with Crippen LogP contribution in [0.25, 0.3) is 0 Å². The van der Waals surface area contributed by atoms with Gasteiger partial charge in [0.15, 0.2) is 0 Å². The van der Waals surface area contributed by atoms with Crippen molar-refractivity contribution in [2.45, 2.75) is 33.4 Å². The number of nitrogens with zero attached hydrogens (tertiary/aromatic N) is 2. The Balaban J connectivity index is 1.51. The number of benzene rings is 2. The first kappa shape index (κ1) is 20.0. The van der Waals surface area contributed by atoms with Gasteiger partial charge in [-0.1, -0.05) is 29.8 Å². The molecule has 1 heterocycles. The molecule has 0 saturated carbocycles. The average molecular weight is 398 g/mol. The Hall–Kier alpha value is -2.79. The van der Waals surface area contributed by atoms with Gasteiger partial charge >= 0.3 is 0 Å². The molecular weight excluding hydrogens is 374 g/mol. The smallest absolute Gasteiger partial charge is 0.251 e. The number of aromatic nitrogens is 2. The Bertz CT molecular complexity index is 952. The van der Waals surface area contributed by atoms with E-state index in [0.29, 0.717) is 29.5 Å². The predicted molar refractivity (Wildman–Crippen MR) is 111 cm³/mol. The van der Waals surface area contributed by atoms with Crippen LogP contribution >= 0.6 is 11.6 Å². The lowest BCUT2D eigenvalue weighted by atomic mass is 10.1. The van der Waals surface area contributed by atoms with Gasteiger partial charge < -0.3 is 10.1 Å². The number of nitrogens with one attached hydrogen (secondary N) is 1. The van der Waals surface area contributed by atoms with E-state index < -0.39 is 0 Å². The summed E-state index contributed by atoms with van der Waals surface area (Å²) in [5, 5.41) is 7.77. The highest BCUT2D eigenvalue weighted by Gasteiger charge is 2.08. The van der Waals surface area contributed by atoms with E-state index in [9.17, 15) is 4.79 Å². The maximum atomic E-state index is 12.4. The second-order valence-electron chi connectivity index (χ2n) is 6.73. The Labute approximate surface area is 170 Å². The van der Waals surface area contributed by atoms with Gasteiger partial charge in [0.2, 0.25) is 0 Å². The quantitative estimate of drug-likeness (QED) is 0.567. The molecule has 0 radical (unpaired) electrons. The Morgan fingerprint density at radius 2 is 2.04 bits per heavy atom. The van der Waals surface area contributed by atoms with Crippen LogP contribution in [0.3, 0.4) is 0 Å². The lowest BCUT2D eigenvalue weighted by Crippen LogP contribution is -2.25. The number of hydrogen-bond acceptors (Lipinski definition) is 3. The second kappa shape index (κ2) is 9.42. The summed E-state index contributed by atoms with van der Waals surface area (Å²) in [4.78, 5) is 12.4. The minimum absolute atomic E-state index is 0.0902. The molecule has 28 heavy (non-hydrogen) atoms. The second-order valence-corrected chi connectivity index (χ2v) is 7.14. The van der Waals surface area contributed by atoms with E-state index in [1.165, 1.54) is 0 Å². The van der Waals surface area contributed by atoms with Crippen LogP contribution in [0, 0.1) is 13.8 Å². The SMILES string of the molecule is Cc1ccc(Cl)c(OCc2cccc(C(=O)NCCCn3nccc3C)c2)c1. The molecule has 0 spiro atoms. The summed E-state index contributed by atoms with van der Waals surface area (Å²) in [6.07, 6.45) is 2.61. The molecule has 146 valence electrons. The van der Waals surface area contributed by atoms with Gasteiger partial charge in [-0.05, 0) is 61.7 Å². The molecule has 0 atom stereocenters. The number of amides is 1. The lowest BCUT2D eigenvalue weighted by molar-refractivity contribution is 0.0952. The van der Waals surface area contributed by atoms with E-state index in [-0.39, 0.29) is 5.91 Å². The van der Waals surface area contributed by atoms with Gasteiger partial charge in [0.05, 0.1) is 5.02 Å². The zero-order valence-corrected chi connectivity index (χ0v) is 16.9. The molecule has 0 unspecified atom stereocenters. The number of ether oxygens (including phenoxy) is 1. The van der Waals surface area contributed by atoms with E-state index in [1.54, 1.807) is 12.3 Å². The molecule has 2 aromatic carbocycles. The summed E-state index contributed by atoms with van der Waals surface area (Å²) < 4.78 is 7.75. The summed E-state index contributed by atoms with van der Waals surface area (Å²) in [7, 11) is 0. The fourth-order valence-electron chi connectivity index (χ4n) is 2.85. The number of halogens is 1. The fraction of sp³-hybridized carbons (Fsp3) is 0.273. The molecule has 1 N–H and O–H groups in total. The van der Waals surface area contributed by atoms with Crippen molar-refractivity contribution in [2.75, 3.05) is 6.54 Å². The third kappa shape index (κ3) is 5.36. The van der Waals surface area contributed by atoms with Gasteiger partial charge in [0.25, 0.3) is 5.91 Å². The number of aryl methyl sites for hydroxylation is 3. The number of rotatable bonds is 8.